The lowest BCUT2D eigenvalue weighted by atomic mass is 10.0. The van der Waals surface area contributed by atoms with Crippen LogP contribution in [0.3, 0.4) is 0 Å². The summed E-state index contributed by atoms with van der Waals surface area (Å²) in [5.41, 5.74) is 6.38. The van der Waals surface area contributed by atoms with Crippen molar-refractivity contribution in [1.29, 1.82) is 0 Å². The van der Waals surface area contributed by atoms with Crippen LogP contribution in [0.5, 0.6) is 0 Å². The van der Waals surface area contributed by atoms with Gasteiger partial charge in [-0.3, -0.25) is 4.79 Å². The number of hydrogen-bond acceptors (Lipinski definition) is 3. The first-order valence-electron chi connectivity index (χ1n) is 5.21. The van der Waals surface area contributed by atoms with Crippen molar-refractivity contribution in [2.45, 2.75) is 12.2 Å². The van der Waals surface area contributed by atoms with E-state index < -0.39 is 18.1 Å². The lowest BCUT2D eigenvalue weighted by Crippen LogP contribution is -2.33. The van der Waals surface area contributed by atoms with Gasteiger partial charge in [0.05, 0.1) is 0 Å². The quantitative estimate of drug-likeness (QED) is 0.701. The van der Waals surface area contributed by atoms with E-state index in [0.29, 0.717) is 5.56 Å². The number of aliphatic hydroxyl groups excluding tert-OH is 2. The van der Waals surface area contributed by atoms with Gasteiger partial charge in [-0.25, -0.2) is 0 Å². The third-order valence-corrected chi connectivity index (χ3v) is 2.84. The number of aromatic nitrogens is 1. The van der Waals surface area contributed by atoms with Gasteiger partial charge in [0.15, 0.2) is 6.10 Å². The average Bonchev–Trinajstić information content (AvgIpc) is 2.65. The number of amides is 1. The number of rotatable bonds is 3. The van der Waals surface area contributed by atoms with E-state index in [1.54, 1.807) is 6.20 Å². The Hall–Kier alpha value is -1.85. The number of fused-ring (bicyclic) bond motifs is 1. The number of hydrogen-bond donors (Lipinski definition) is 3. The summed E-state index contributed by atoms with van der Waals surface area (Å²) < 4.78 is 1.82. The molecule has 0 aliphatic heterocycles. The molecule has 2 aromatic rings. The van der Waals surface area contributed by atoms with E-state index in [2.05, 4.69) is 0 Å². The predicted molar refractivity (Wildman–Crippen MR) is 63.1 cm³/mol. The highest BCUT2D eigenvalue weighted by molar-refractivity contribution is 5.86. The molecule has 4 N–H and O–H groups in total. The molecule has 17 heavy (non-hydrogen) atoms. The van der Waals surface area contributed by atoms with E-state index in [9.17, 15) is 15.0 Å². The monoisotopic (exact) mass is 234 g/mol. The Kier molecular flexibility index (Phi) is 2.87. The Morgan fingerprint density at radius 1 is 1.35 bits per heavy atom. The summed E-state index contributed by atoms with van der Waals surface area (Å²) in [7, 11) is 1.83. The molecule has 2 unspecified atom stereocenters. The van der Waals surface area contributed by atoms with Crippen LogP contribution in [0, 0.1) is 0 Å². The summed E-state index contributed by atoms with van der Waals surface area (Å²) in [6.07, 6.45) is -1.22. The fourth-order valence-corrected chi connectivity index (χ4v) is 1.93. The number of carbonyl (C=O) groups is 1. The van der Waals surface area contributed by atoms with Gasteiger partial charge in [-0.15, -0.1) is 0 Å². The van der Waals surface area contributed by atoms with Crippen molar-refractivity contribution in [1.82, 2.24) is 4.57 Å². The number of aryl methyl sites for hydroxylation is 1. The molecular weight excluding hydrogens is 220 g/mol. The number of nitrogens with zero attached hydrogens (tertiary/aromatic N) is 1. The number of para-hydroxylation sites is 1. The fraction of sp³-hybridized carbons (Fsp3) is 0.250. The van der Waals surface area contributed by atoms with E-state index in [0.717, 1.165) is 10.9 Å². The fourth-order valence-electron chi connectivity index (χ4n) is 1.93. The second kappa shape index (κ2) is 4.20. The molecular formula is C12H14N2O3. The van der Waals surface area contributed by atoms with E-state index in [-0.39, 0.29) is 0 Å². The van der Waals surface area contributed by atoms with Crippen molar-refractivity contribution in [3.8, 4) is 0 Å². The third-order valence-electron chi connectivity index (χ3n) is 2.84. The summed E-state index contributed by atoms with van der Waals surface area (Å²) in [4.78, 5) is 10.9. The molecule has 2 rings (SSSR count). The van der Waals surface area contributed by atoms with Gasteiger partial charge in [-0.2, -0.15) is 0 Å². The summed E-state index contributed by atoms with van der Waals surface area (Å²) in [6, 6.07) is 7.42. The molecule has 0 aliphatic carbocycles. The van der Waals surface area contributed by atoms with Gasteiger partial charge in [0.2, 0.25) is 5.91 Å². The van der Waals surface area contributed by atoms with Crippen LogP contribution in [0.2, 0.25) is 0 Å². The third kappa shape index (κ3) is 1.90. The number of primary amides is 1. The van der Waals surface area contributed by atoms with Crippen LogP contribution >= 0.6 is 0 Å². The summed E-state index contributed by atoms with van der Waals surface area (Å²) in [5.74, 6) is -0.939. The maximum atomic E-state index is 10.9. The van der Waals surface area contributed by atoms with Gasteiger partial charge in [-0.05, 0) is 6.07 Å². The maximum absolute atomic E-state index is 10.9. The van der Waals surface area contributed by atoms with E-state index in [1.807, 2.05) is 35.9 Å². The van der Waals surface area contributed by atoms with Gasteiger partial charge in [-0.1, -0.05) is 18.2 Å². The molecule has 5 heteroatoms. The van der Waals surface area contributed by atoms with Crippen LogP contribution in [-0.2, 0) is 11.8 Å². The van der Waals surface area contributed by atoms with E-state index in [4.69, 9.17) is 5.73 Å². The zero-order valence-electron chi connectivity index (χ0n) is 9.37. The number of carbonyl (C=O) groups excluding carboxylic acids is 1. The zero-order chi connectivity index (χ0) is 12.6. The highest BCUT2D eigenvalue weighted by atomic mass is 16.3. The van der Waals surface area contributed by atoms with Gasteiger partial charge in [0.25, 0.3) is 0 Å². The first-order chi connectivity index (χ1) is 8.02. The summed E-state index contributed by atoms with van der Waals surface area (Å²) in [5, 5.41) is 20.2. The molecule has 1 aromatic heterocycles. The predicted octanol–water partition coefficient (Wildman–Crippen LogP) is 0.0579. The van der Waals surface area contributed by atoms with Crippen molar-refractivity contribution < 1.29 is 15.0 Å². The molecule has 0 radical (unpaired) electrons. The van der Waals surface area contributed by atoms with Crippen molar-refractivity contribution >= 4 is 16.8 Å². The number of nitrogens with two attached hydrogens (primary N) is 1. The van der Waals surface area contributed by atoms with Gasteiger partial charge >= 0.3 is 0 Å². The largest absolute Gasteiger partial charge is 0.385 e. The van der Waals surface area contributed by atoms with E-state index in [1.165, 1.54) is 0 Å². The first kappa shape index (κ1) is 11.6. The molecule has 5 nitrogen and oxygen atoms in total. The van der Waals surface area contributed by atoms with Crippen LogP contribution in [0.15, 0.2) is 30.5 Å². The van der Waals surface area contributed by atoms with Crippen LogP contribution in [0.25, 0.3) is 10.9 Å². The average molecular weight is 234 g/mol. The summed E-state index contributed by atoms with van der Waals surface area (Å²) in [6.45, 7) is 0. The molecule has 1 aromatic carbocycles. The van der Waals surface area contributed by atoms with Gasteiger partial charge < -0.3 is 20.5 Å². The minimum atomic E-state index is -1.60. The molecule has 0 fully saturated rings. The molecule has 2 atom stereocenters. The van der Waals surface area contributed by atoms with Crippen LogP contribution in [0.4, 0.5) is 0 Å². The molecule has 0 saturated carbocycles. The van der Waals surface area contributed by atoms with Gasteiger partial charge in [0, 0.05) is 29.7 Å². The highest BCUT2D eigenvalue weighted by Gasteiger charge is 2.26. The minimum Gasteiger partial charge on any atom is -0.385 e. The number of aliphatic hydroxyl groups is 2. The molecule has 1 amide bonds. The molecule has 0 saturated heterocycles. The normalized spacial score (nSPS) is 14.8. The van der Waals surface area contributed by atoms with E-state index >= 15 is 0 Å². The topological polar surface area (TPSA) is 88.5 Å². The Labute approximate surface area is 98.1 Å². The highest BCUT2D eigenvalue weighted by Crippen LogP contribution is 2.27. The van der Waals surface area contributed by atoms with Crippen LogP contribution in [0.1, 0.15) is 11.7 Å². The van der Waals surface area contributed by atoms with Crippen molar-refractivity contribution in [2.24, 2.45) is 12.8 Å². The summed E-state index contributed by atoms with van der Waals surface area (Å²) >= 11 is 0. The minimum absolute atomic E-state index is 0.495. The second-order valence-electron chi connectivity index (χ2n) is 4.00. The van der Waals surface area contributed by atoms with Crippen molar-refractivity contribution in [3.63, 3.8) is 0 Å². The molecule has 90 valence electrons. The van der Waals surface area contributed by atoms with Crippen molar-refractivity contribution in [2.75, 3.05) is 0 Å². The smallest absolute Gasteiger partial charge is 0.249 e. The van der Waals surface area contributed by atoms with Crippen LogP contribution in [-0.4, -0.2) is 26.8 Å². The molecule has 0 aliphatic rings. The van der Waals surface area contributed by atoms with Gasteiger partial charge in [0.1, 0.15) is 6.10 Å². The molecule has 1 heterocycles. The van der Waals surface area contributed by atoms with Crippen molar-refractivity contribution in [3.05, 3.63) is 36.0 Å². The molecule has 0 spiro atoms. The Morgan fingerprint density at radius 3 is 2.65 bits per heavy atom. The molecule has 0 bridgehead atoms. The first-order valence-corrected chi connectivity index (χ1v) is 5.21. The lowest BCUT2D eigenvalue weighted by molar-refractivity contribution is -0.131. The Bertz CT molecular complexity index is 562. The Morgan fingerprint density at radius 2 is 2.00 bits per heavy atom. The maximum Gasteiger partial charge on any atom is 0.249 e. The SMILES string of the molecule is Cn1cc(C(O)C(O)C(N)=O)c2ccccc21. The Balaban J connectivity index is 2.52. The standard InChI is InChI=1S/C12H14N2O3/c1-14-6-8(10(15)11(16)12(13)17)7-4-2-3-5-9(7)14/h2-6,10-11,15-16H,1H3,(H2,13,17). The second-order valence-corrected chi connectivity index (χ2v) is 4.00. The lowest BCUT2D eigenvalue weighted by Gasteiger charge is -2.13. The zero-order valence-corrected chi connectivity index (χ0v) is 9.37. The van der Waals surface area contributed by atoms with Crippen LogP contribution < -0.4 is 5.73 Å². The number of benzene rings is 1.